The minimum atomic E-state index is 0.0839. The zero-order valence-electron chi connectivity index (χ0n) is 12.1. The van der Waals surface area contributed by atoms with Gasteiger partial charge in [-0.1, -0.05) is 0 Å². The van der Waals surface area contributed by atoms with E-state index in [4.69, 9.17) is 0 Å². The van der Waals surface area contributed by atoms with Crippen LogP contribution in [-0.4, -0.2) is 63.0 Å². The number of fused-ring (bicyclic) bond motifs is 1. The standard InChI is InChI=1S/C14H19N5O/c1-10-8-17(3)6-7-18(10)14(20)12-4-5-13-16-15-11(2)19(13)9-12/h4-5,9-10H,6-8H2,1-3H3/t10-/m1/s1. The number of nitrogens with zero attached hydrogens (tertiary/aromatic N) is 5. The number of carbonyl (C=O) groups is 1. The predicted molar refractivity (Wildman–Crippen MR) is 75.7 cm³/mol. The highest BCUT2D eigenvalue weighted by molar-refractivity contribution is 5.94. The van der Waals surface area contributed by atoms with Crippen molar-refractivity contribution in [3.05, 3.63) is 29.7 Å². The van der Waals surface area contributed by atoms with E-state index >= 15 is 0 Å². The molecule has 0 radical (unpaired) electrons. The molecule has 1 aliphatic heterocycles. The van der Waals surface area contributed by atoms with Crippen molar-refractivity contribution in [2.75, 3.05) is 26.7 Å². The van der Waals surface area contributed by atoms with Gasteiger partial charge in [-0.15, -0.1) is 10.2 Å². The van der Waals surface area contributed by atoms with Crippen molar-refractivity contribution in [1.82, 2.24) is 24.4 Å². The Morgan fingerprint density at radius 1 is 1.30 bits per heavy atom. The maximum absolute atomic E-state index is 12.6. The zero-order valence-corrected chi connectivity index (χ0v) is 12.1. The van der Waals surface area contributed by atoms with Crippen LogP contribution in [0.15, 0.2) is 18.3 Å². The molecule has 106 valence electrons. The lowest BCUT2D eigenvalue weighted by atomic mass is 10.1. The average Bonchev–Trinajstić information content (AvgIpc) is 2.79. The third-order valence-electron chi connectivity index (χ3n) is 3.91. The number of rotatable bonds is 1. The summed E-state index contributed by atoms with van der Waals surface area (Å²) >= 11 is 0. The smallest absolute Gasteiger partial charge is 0.255 e. The van der Waals surface area contributed by atoms with Gasteiger partial charge in [0.25, 0.3) is 5.91 Å². The van der Waals surface area contributed by atoms with Gasteiger partial charge >= 0.3 is 0 Å². The van der Waals surface area contributed by atoms with Gasteiger partial charge in [-0.25, -0.2) is 0 Å². The lowest BCUT2D eigenvalue weighted by Gasteiger charge is -2.38. The Kier molecular flexibility index (Phi) is 3.17. The van der Waals surface area contributed by atoms with E-state index in [1.165, 1.54) is 0 Å². The summed E-state index contributed by atoms with van der Waals surface area (Å²) in [7, 11) is 2.09. The first-order valence-corrected chi connectivity index (χ1v) is 6.87. The van der Waals surface area contributed by atoms with Crippen LogP contribution in [0.2, 0.25) is 0 Å². The Balaban J connectivity index is 1.90. The molecule has 0 bridgehead atoms. The second-order valence-corrected chi connectivity index (χ2v) is 5.50. The lowest BCUT2D eigenvalue weighted by molar-refractivity contribution is 0.0533. The van der Waals surface area contributed by atoms with Crippen LogP contribution in [0.1, 0.15) is 23.1 Å². The molecule has 2 aromatic rings. The van der Waals surface area contributed by atoms with Crippen molar-refractivity contribution in [2.24, 2.45) is 0 Å². The molecule has 0 spiro atoms. The van der Waals surface area contributed by atoms with E-state index in [0.29, 0.717) is 5.56 Å². The third-order valence-corrected chi connectivity index (χ3v) is 3.91. The number of aromatic nitrogens is 3. The summed E-state index contributed by atoms with van der Waals surface area (Å²) in [4.78, 5) is 16.8. The number of hydrogen-bond acceptors (Lipinski definition) is 4. The molecule has 0 aliphatic carbocycles. The SMILES string of the molecule is Cc1nnc2ccc(C(=O)N3CCN(C)C[C@H]3C)cn12. The van der Waals surface area contributed by atoms with Crippen LogP contribution in [-0.2, 0) is 0 Å². The molecule has 1 fully saturated rings. The summed E-state index contributed by atoms with van der Waals surface area (Å²) < 4.78 is 1.86. The van der Waals surface area contributed by atoms with Crippen molar-refractivity contribution in [2.45, 2.75) is 19.9 Å². The molecule has 2 aromatic heterocycles. The molecule has 3 rings (SSSR count). The monoisotopic (exact) mass is 273 g/mol. The molecule has 20 heavy (non-hydrogen) atoms. The number of hydrogen-bond donors (Lipinski definition) is 0. The van der Waals surface area contributed by atoms with E-state index in [-0.39, 0.29) is 11.9 Å². The lowest BCUT2D eigenvalue weighted by Crippen LogP contribution is -2.52. The largest absolute Gasteiger partial charge is 0.333 e. The number of pyridine rings is 1. The summed E-state index contributed by atoms with van der Waals surface area (Å²) in [5.74, 6) is 0.877. The van der Waals surface area contributed by atoms with Crippen molar-refractivity contribution >= 4 is 11.6 Å². The first kappa shape index (κ1) is 13.1. The molecule has 1 amide bonds. The molecule has 6 nitrogen and oxygen atoms in total. The fourth-order valence-electron chi connectivity index (χ4n) is 2.74. The first-order chi connectivity index (χ1) is 9.56. The fourth-order valence-corrected chi connectivity index (χ4v) is 2.74. The number of likely N-dealkylation sites (N-methyl/N-ethyl adjacent to an activating group) is 1. The highest BCUT2D eigenvalue weighted by Gasteiger charge is 2.26. The predicted octanol–water partition coefficient (Wildman–Crippen LogP) is 0.814. The van der Waals surface area contributed by atoms with Gasteiger partial charge in [-0.3, -0.25) is 9.20 Å². The van der Waals surface area contributed by atoms with Crippen LogP contribution in [0.25, 0.3) is 5.65 Å². The molecule has 6 heteroatoms. The topological polar surface area (TPSA) is 53.7 Å². The van der Waals surface area contributed by atoms with Gasteiger partial charge in [-0.05, 0) is 33.0 Å². The number of carbonyl (C=O) groups excluding carboxylic acids is 1. The van der Waals surface area contributed by atoms with Crippen molar-refractivity contribution in [1.29, 1.82) is 0 Å². The molecule has 0 saturated carbocycles. The van der Waals surface area contributed by atoms with Crippen LogP contribution in [0.3, 0.4) is 0 Å². The van der Waals surface area contributed by atoms with E-state index in [0.717, 1.165) is 31.1 Å². The van der Waals surface area contributed by atoms with Crippen molar-refractivity contribution in [3.8, 4) is 0 Å². The summed E-state index contributed by atoms with van der Waals surface area (Å²) in [6.07, 6.45) is 1.83. The van der Waals surface area contributed by atoms with Gasteiger partial charge in [0.2, 0.25) is 0 Å². The Hall–Kier alpha value is -1.95. The van der Waals surface area contributed by atoms with Gasteiger partial charge in [0.05, 0.1) is 5.56 Å². The van der Waals surface area contributed by atoms with Crippen LogP contribution >= 0.6 is 0 Å². The molecule has 3 heterocycles. The molecule has 0 N–H and O–H groups in total. The summed E-state index contributed by atoms with van der Waals surface area (Å²) in [5, 5.41) is 8.05. The average molecular weight is 273 g/mol. The van der Waals surface area contributed by atoms with Crippen LogP contribution in [0.5, 0.6) is 0 Å². The fraction of sp³-hybridized carbons (Fsp3) is 0.500. The van der Waals surface area contributed by atoms with Gasteiger partial charge in [0, 0.05) is 31.9 Å². The van der Waals surface area contributed by atoms with E-state index in [2.05, 4.69) is 29.1 Å². The number of amides is 1. The van der Waals surface area contributed by atoms with Gasteiger partial charge < -0.3 is 9.80 Å². The molecular formula is C14H19N5O. The Morgan fingerprint density at radius 3 is 2.85 bits per heavy atom. The van der Waals surface area contributed by atoms with Gasteiger partial charge in [0.15, 0.2) is 5.65 Å². The van der Waals surface area contributed by atoms with E-state index in [1.54, 1.807) is 0 Å². The van der Waals surface area contributed by atoms with Crippen LogP contribution in [0.4, 0.5) is 0 Å². The summed E-state index contributed by atoms with van der Waals surface area (Å²) in [6.45, 7) is 6.59. The Bertz CT molecular complexity index is 650. The second-order valence-electron chi connectivity index (χ2n) is 5.50. The molecule has 0 unspecified atom stereocenters. The number of piperazine rings is 1. The quantitative estimate of drug-likeness (QED) is 0.771. The first-order valence-electron chi connectivity index (χ1n) is 6.87. The molecule has 0 aromatic carbocycles. The summed E-state index contributed by atoms with van der Waals surface area (Å²) in [6, 6.07) is 3.91. The van der Waals surface area contributed by atoms with E-state index < -0.39 is 0 Å². The molecule has 1 atom stereocenters. The van der Waals surface area contributed by atoms with Gasteiger partial charge in [-0.2, -0.15) is 0 Å². The highest BCUT2D eigenvalue weighted by atomic mass is 16.2. The van der Waals surface area contributed by atoms with Crippen LogP contribution < -0.4 is 0 Å². The normalized spacial score (nSPS) is 20.6. The van der Waals surface area contributed by atoms with Crippen molar-refractivity contribution < 1.29 is 4.79 Å². The molecular weight excluding hydrogens is 254 g/mol. The maximum atomic E-state index is 12.6. The molecule has 1 saturated heterocycles. The second kappa shape index (κ2) is 4.86. The van der Waals surface area contributed by atoms with Gasteiger partial charge in [0.1, 0.15) is 5.82 Å². The third kappa shape index (κ3) is 2.16. The van der Waals surface area contributed by atoms with E-state index in [1.807, 2.05) is 34.6 Å². The zero-order chi connectivity index (χ0) is 14.3. The van der Waals surface area contributed by atoms with E-state index in [9.17, 15) is 4.79 Å². The highest BCUT2D eigenvalue weighted by Crippen LogP contribution is 2.14. The summed E-state index contributed by atoms with van der Waals surface area (Å²) in [5.41, 5.74) is 1.46. The minimum Gasteiger partial charge on any atom is -0.333 e. The number of aryl methyl sites for hydroxylation is 1. The Labute approximate surface area is 118 Å². The van der Waals surface area contributed by atoms with Crippen LogP contribution in [0, 0.1) is 6.92 Å². The molecule has 1 aliphatic rings. The maximum Gasteiger partial charge on any atom is 0.255 e. The van der Waals surface area contributed by atoms with Crippen molar-refractivity contribution in [3.63, 3.8) is 0 Å². The minimum absolute atomic E-state index is 0.0839. The Morgan fingerprint density at radius 2 is 2.10 bits per heavy atom.